The summed E-state index contributed by atoms with van der Waals surface area (Å²) in [6.07, 6.45) is -4.71. The third kappa shape index (κ3) is 4.19. The van der Waals surface area contributed by atoms with Crippen LogP contribution in [0.2, 0.25) is 0 Å². The van der Waals surface area contributed by atoms with E-state index < -0.39 is 6.36 Å². The lowest BCUT2D eigenvalue weighted by molar-refractivity contribution is -0.274. The molecule has 0 saturated heterocycles. The summed E-state index contributed by atoms with van der Waals surface area (Å²) in [6.45, 7) is 0. The molecular formula is C15H13F4NO. The van der Waals surface area contributed by atoms with E-state index in [-0.39, 0.29) is 17.6 Å². The molecule has 2 aromatic carbocycles. The summed E-state index contributed by atoms with van der Waals surface area (Å²) < 4.78 is 53.0. The van der Waals surface area contributed by atoms with Crippen LogP contribution in [0.25, 0.3) is 0 Å². The third-order valence-corrected chi connectivity index (χ3v) is 2.94. The quantitative estimate of drug-likeness (QED) is 0.861. The normalized spacial score (nSPS) is 13.0. The highest BCUT2D eigenvalue weighted by atomic mass is 19.4. The van der Waals surface area contributed by atoms with Crippen molar-refractivity contribution >= 4 is 0 Å². The van der Waals surface area contributed by atoms with Crippen LogP contribution < -0.4 is 10.1 Å². The fraction of sp³-hybridized carbons (Fsp3) is 0.200. The maximum atomic E-state index is 12.9. The number of alkyl halides is 3. The first-order valence-electron chi connectivity index (χ1n) is 6.17. The Kier molecular flexibility index (Phi) is 4.47. The topological polar surface area (TPSA) is 21.3 Å². The average molecular weight is 299 g/mol. The van der Waals surface area contributed by atoms with Gasteiger partial charge in [0.1, 0.15) is 11.6 Å². The highest BCUT2D eigenvalue weighted by molar-refractivity contribution is 5.35. The van der Waals surface area contributed by atoms with Crippen LogP contribution in [-0.4, -0.2) is 13.4 Å². The molecule has 0 aliphatic rings. The summed E-state index contributed by atoms with van der Waals surface area (Å²) in [5.41, 5.74) is 1.56. The second-order valence-corrected chi connectivity index (χ2v) is 4.39. The molecule has 21 heavy (non-hydrogen) atoms. The molecule has 112 valence electrons. The highest BCUT2D eigenvalue weighted by Gasteiger charge is 2.31. The Bertz CT molecular complexity index is 578. The van der Waals surface area contributed by atoms with Gasteiger partial charge >= 0.3 is 6.36 Å². The number of ether oxygens (including phenoxy) is 1. The van der Waals surface area contributed by atoms with Gasteiger partial charge in [-0.1, -0.05) is 24.3 Å². The second kappa shape index (κ2) is 6.13. The zero-order valence-electron chi connectivity index (χ0n) is 11.1. The highest BCUT2D eigenvalue weighted by Crippen LogP contribution is 2.27. The van der Waals surface area contributed by atoms with Crippen molar-refractivity contribution in [3.8, 4) is 5.75 Å². The summed E-state index contributed by atoms with van der Waals surface area (Å²) in [7, 11) is 1.72. The minimum absolute atomic E-state index is 0.245. The first-order chi connectivity index (χ1) is 9.89. The van der Waals surface area contributed by atoms with E-state index in [9.17, 15) is 17.6 Å². The predicted octanol–water partition coefficient (Wildman–Crippen LogP) is 4.03. The summed E-state index contributed by atoms with van der Waals surface area (Å²) in [5, 5.41) is 3.04. The van der Waals surface area contributed by atoms with E-state index in [0.29, 0.717) is 0 Å². The van der Waals surface area contributed by atoms with E-state index in [1.165, 1.54) is 36.4 Å². The van der Waals surface area contributed by atoms with E-state index in [4.69, 9.17) is 0 Å². The van der Waals surface area contributed by atoms with Gasteiger partial charge in [0.15, 0.2) is 0 Å². The van der Waals surface area contributed by atoms with Gasteiger partial charge in [0.25, 0.3) is 0 Å². The average Bonchev–Trinajstić information content (AvgIpc) is 2.42. The van der Waals surface area contributed by atoms with Crippen molar-refractivity contribution in [3.63, 3.8) is 0 Å². The number of benzene rings is 2. The Morgan fingerprint density at radius 3 is 1.81 bits per heavy atom. The van der Waals surface area contributed by atoms with Gasteiger partial charge in [-0.25, -0.2) is 4.39 Å². The Morgan fingerprint density at radius 1 is 0.905 bits per heavy atom. The van der Waals surface area contributed by atoms with Crippen molar-refractivity contribution in [2.45, 2.75) is 12.4 Å². The van der Waals surface area contributed by atoms with Crippen LogP contribution in [0.15, 0.2) is 48.5 Å². The van der Waals surface area contributed by atoms with Crippen LogP contribution in [0.5, 0.6) is 5.75 Å². The second-order valence-electron chi connectivity index (χ2n) is 4.39. The molecule has 1 unspecified atom stereocenters. The molecule has 2 aromatic rings. The van der Waals surface area contributed by atoms with Crippen molar-refractivity contribution in [1.29, 1.82) is 0 Å². The molecule has 0 saturated carbocycles. The minimum Gasteiger partial charge on any atom is -0.406 e. The molecule has 2 nitrogen and oxygen atoms in total. The van der Waals surface area contributed by atoms with Gasteiger partial charge in [0.2, 0.25) is 0 Å². The van der Waals surface area contributed by atoms with Gasteiger partial charge in [0.05, 0.1) is 6.04 Å². The molecule has 6 heteroatoms. The van der Waals surface area contributed by atoms with Gasteiger partial charge in [-0.15, -0.1) is 13.2 Å². The molecule has 0 fully saturated rings. The molecular weight excluding hydrogens is 286 g/mol. The Morgan fingerprint density at radius 2 is 1.38 bits per heavy atom. The summed E-state index contributed by atoms with van der Waals surface area (Å²) in [5.74, 6) is -0.622. The fourth-order valence-electron chi connectivity index (χ4n) is 2.04. The largest absolute Gasteiger partial charge is 0.573 e. The van der Waals surface area contributed by atoms with Crippen molar-refractivity contribution < 1.29 is 22.3 Å². The third-order valence-electron chi connectivity index (χ3n) is 2.94. The van der Waals surface area contributed by atoms with E-state index in [1.807, 2.05) is 0 Å². The summed E-state index contributed by atoms with van der Waals surface area (Å²) in [4.78, 5) is 0. The van der Waals surface area contributed by atoms with E-state index in [2.05, 4.69) is 10.1 Å². The van der Waals surface area contributed by atoms with Crippen LogP contribution >= 0.6 is 0 Å². The van der Waals surface area contributed by atoms with Gasteiger partial charge in [0, 0.05) is 0 Å². The lowest BCUT2D eigenvalue weighted by atomic mass is 9.99. The molecule has 0 aromatic heterocycles. The molecule has 0 bridgehead atoms. The monoisotopic (exact) mass is 299 g/mol. The molecule has 0 aliphatic carbocycles. The fourth-order valence-corrected chi connectivity index (χ4v) is 2.04. The van der Waals surface area contributed by atoms with Crippen molar-refractivity contribution in [2.24, 2.45) is 0 Å². The van der Waals surface area contributed by atoms with Crippen LogP contribution in [0.3, 0.4) is 0 Å². The maximum Gasteiger partial charge on any atom is 0.573 e. The number of rotatable bonds is 4. The summed E-state index contributed by atoms with van der Waals surface area (Å²) in [6, 6.07) is 11.2. The van der Waals surface area contributed by atoms with Crippen molar-refractivity contribution in [3.05, 3.63) is 65.5 Å². The molecule has 1 atom stereocenters. The Labute approximate surface area is 119 Å². The van der Waals surface area contributed by atoms with Crippen LogP contribution in [0.4, 0.5) is 17.6 Å². The zero-order valence-corrected chi connectivity index (χ0v) is 11.1. The molecule has 0 aliphatic heterocycles. The van der Waals surface area contributed by atoms with E-state index >= 15 is 0 Å². The molecule has 0 spiro atoms. The van der Waals surface area contributed by atoms with Crippen LogP contribution in [0.1, 0.15) is 17.2 Å². The van der Waals surface area contributed by atoms with Crippen LogP contribution in [0, 0.1) is 5.82 Å². The molecule has 0 heterocycles. The molecule has 2 rings (SSSR count). The van der Waals surface area contributed by atoms with Crippen molar-refractivity contribution in [2.75, 3.05) is 7.05 Å². The smallest absolute Gasteiger partial charge is 0.406 e. The summed E-state index contributed by atoms with van der Waals surface area (Å²) >= 11 is 0. The minimum atomic E-state index is -4.71. The lowest BCUT2D eigenvalue weighted by Crippen LogP contribution is -2.18. The molecule has 0 radical (unpaired) electrons. The lowest BCUT2D eigenvalue weighted by Gasteiger charge is -2.18. The van der Waals surface area contributed by atoms with Gasteiger partial charge in [-0.3, -0.25) is 0 Å². The van der Waals surface area contributed by atoms with Gasteiger partial charge in [-0.2, -0.15) is 0 Å². The van der Waals surface area contributed by atoms with E-state index in [0.717, 1.165) is 11.1 Å². The van der Waals surface area contributed by atoms with Crippen LogP contribution in [-0.2, 0) is 0 Å². The van der Waals surface area contributed by atoms with Crippen molar-refractivity contribution in [1.82, 2.24) is 5.32 Å². The Balaban J connectivity index is 2.21. The maximum absolute atomic E-state index is 12.9. The Hall–Kier alpha value is -2.08. The van der Waals surface area contributed by atoms with E-state index in [1.54, 1.807) is 19.2 Å². The molecule has 0 amide bonds. The first-order valence-corrected chi connectivity index (χ1v) is 6.17. The number of nitrogens with one attached hydrogen (secondary N) is 1. The van der Waals surface area contributed by atoms with Gasteiger partial charge in [-0.05, 0) is 42.4 Å². The first kappa shape index (κ1) is 15.3. The SMILES string of the molecule is CNC(c1ccc(F)cc1)c1ccc(OC(F)(F)F)cc1. The number of hydrogen-bond donors (Lipinski definition) is 1. The number of halogens is 4. The number of hydrogen-bond acceptors (Lipinski definition) is 2. The van der Waals surface area contributed by atoms with Gasteiger partial charge < -0.3 is 10.1 Å². The standard InChI is InChI=1S/C15H13F4NO/c1-20-14(10-2-6-12(16)7-3-10)11-4-8-13(9-5-11)21-15(17,18)19/h2-9,14,20H,1H3. The predicted molar refractivity (Wildman–Crippen MR) is 70.4 cm³/mol. The molecule has 1 N–H and O–H groups in total. The zero-order chi connectivity index (χ0) is 15.5.